The second-order valence-corrected chi connectivity index (χ2v) is 5.43. The SMILES string of the molecule is Cc1cc2nc(COc3ccc(Cl)cc3Cl)cc(=O)n2[nH]1. The van der Waals surface area contributed by atoms with E-state index in [0.717, 1.165) is 5.69 Å². The van der Waals surface area contributed by atoms with Crippen LogP contribution in [0.3, 0.4) is 0 Å². The van der Waals surface area contributed by atoms with Crippen molar-refractivity contribution >= 4 is 28.8 Å². The summed E-state index contributed by atoms with van der Waals surface area (Å²) in [6.45, 7) is 2.01. The van der Waals surface area contributed by atoms with Gasteiger partial charge in [-0.2, -0.15) is 0 Å². The Morgan fingerprint density at radius 2 is 2.10 bits per heavy atom. The molecule has 0 aliphatic rings. The number of nitrogens with zero attached hydrogens (tertiary/aromatic N) is 2. The molecule has 2 heterocycles. The van der Waals surface area contributed by atoms with E-state index in [2.05, 4.69) is 10.1 Å². The second kappa shape index (κ2) is 5.42. The Hall–Kier alpha value is -1.98. The summed E-state index contributed by atoms with van der Waals surface area (Å²) >= 11 is 11.8. The van der Waals surface area contributed by atoms with Gasteiger partial charge in [-0.15, -0.1) is 0 Å². The third-order valence-electron chi connectivity index (χ3n) is 2.90. The molecule has 0 saturated heterocycles. The molecule has 108 valence electrons. The van der Waals surface area contributed by atoms with E-state index in [1.165, 1.54) is 10.6 Å². The molecular formula is C14H11Cl2N3O2. The molecule has 5 nitrogen and oxygen atoms in total. The van der Waals surface area contributed by atoms with Gasteiger partial charge in [0.2, 0.25) is 0 Å². The molecule has 0 aliphatic carbocycles. The number of halogens is 2. The van der Waals surface area contributed by atoms with Crippen molar-refractivity contribution in [2.45, 2.75) is 13.5 Å². The zero-order valence-corrected chi connectivity index (χ0v) is 12.6. The number of ether oxygens (including phenoxy) is 1. The van der Waals surface area contributed by atoms with E-state index in [9.17, 15) is 4.79 Å². The number of aromatic amines is 1. The molecule has 0 radical (unpaired) electrons. The van der Waals surface area contributed by atoms with E-state index in [1.807, 2.05) is 6.92 Å². The molecule has 0 bridgehead atoms. The molecule has 0 amide bonds. The number of H-pyrrole nitrogens is 1. The van der Waals surface area contributed by atoms with Gasteiger partial charge >= 0.3 is 0 Å². The molecule has 21 heavy (non-hydrogen) atoms. The molecule has 1 aromatic carbocycles. The summed E-state index contributed by atoms with van der Waals surface area (Å²) in [4.78, 5) is 16.3. The van der Waals surface area contributed by atoms with E-state index in [1.54, 1.807) is 24.3 Å². The van der Waals surface area contributed by atoms with Crippen LogP contribution in [0.4, 0.5) is 0 Å². The first-order chi connectivity index (χ1) is 10.0. The molecule has 0 fully saturated rings. The van der Waals surface area contributed by atoms with Crippen LogP contribution in [0.15, 0.2) is 35.1 Å². The maximum absolute atomic E-state index is 11.9. The van der Waals surface area contributed by atoms with Crippen molar-refractivity contribution in [3.63, 3.8) is 0 Å². The van der Waals surface area contributed by atoms with Crippen LogP contribution < -0.4 is 10.3 Å². The molecule has 0 saturated carbocycles. The standard InChI is InChI=1S/C14H11Cl2N3O2/c1-8-4-13-17-10(6-14(20)19(13)18-8)7-21-12-3-2-9(15)5-11(12)16/h2-6,18H,7H2,1H3. The molecule has 0 atom stereocenters. The van der Waals surface area contributed by atoms with Gasteiger partial charge in [0.1, 0.15) is 12.4 Å². The Bertz CT molecular complexity index is 870. The molecule has 0 aliphatic heterocycles. The second-order valence-electron chi connectivity index (χ2n) is 4.58. The van der Waals surface area contributed by atoms with Crippen molar-refractivity contribution in [1.82, 2.24) is 14.6 Å². The highest BCUT2D eigenvalue weighted by atomic mass is 35.5. The van der Waals surface area contributed by atoms with Gasteiger partial charge < -0.3 is 4.74 Å². The van der Waals surface area contributed by atoms with Gasteiger partial charge in [0.15, 0.2) is 5.65 Å². The molecule has 0 spiro atoms. The number of rotatable bonds is 3. The lowest BCUT2D eigenvalue weighted by atomic mass is 10.3. The van der Waals surface area contributed by atoms with Gasteiger partial charge in [0.25, 0.3) is 5.56 Å². The lowest BCUT2D eigenvalue weighted by Crippen LogP contribution is -2.16. The maximum atomic E-state index is 11.9. The Labute approximate surface area is 130 Å². The molecule has 3 rings (SSSR count). The molecule has 0 unspecified atom stereocenters. The molecule has 1 N–H and O–H groups in total. The van der Waals surface area contributed by atoms with E-state index >= 15 is 0 Å². The summed E-state index contributed by atoms with van der Waals surface area (Å²) in [7, 11) is 0. The predicted octanol–water partition coefficient (Wildman–Crippen LogP) is 3.22. The summed E-state index contributed by atoms with van der Waals surface area (Å²) in [5, 5.41) is 3.86. The largest absolute Gasteiger partial charge is 0.486 e. The Kier molecular flexibility index (Phi) is 3.61. The van der Waals surface area contributed by atoms with Crippen molar-refractivity contribution in [3.8, 4) is 5.75 Å². The van der Waals surface area contributed by atoms with Crippen LogP contribution in [-0.4, -0.2) is 14.6 Å². The van der Waals surface area contributed by atoms with Crippen LogP contribution in [-0.2, 0) is 6.61 Å². The Balaban J connectivity index is 1.86. The number of benzene rings is 1. The van der Waals surface area contributed by atoms with Crippen LogP contribution in [0.25, 0.3) is 5.65 Å². The maximum Gasteiger partial charge on any atom is 0.273 e. The zero-order chi connectivity index (χ0) is 15.0. The molecule has 2 aromatic heterocycles. The first-order valence-corrected chi connectivity index (χ1v) is 6.95. The number of aryl methyl sites for hydroxylation is 1. The lowest BCUT2D eigenvalue weighted by molar-refractivity contribution is 0.301. The van der Waals surface area contributed by atoms with E-state index < -0.39 is 0 Å². The smallest absolute Gasteiger partial charge is 0.273 e. The monoisotopic (exact) mass is 323 g/mol. The molecular weight excluding hydrogens is 313 g/mol. The van der Waals surface area contributed by atoms with E-state index in [0.29, 0.717) is 27.1 Å². The lowest BCUT2D eigenvalue weighted by Gasteiger charge is -2.07. The fourth-order valence-corrected chi connectivity index (χ4v) is 2.44. The normalized spacial score (nSPS) is 11.0. The highest BCUT2D eigenvalue weighted by Gasteiger charge is 2.07. The minimum absolute atomic E-state index is 0.150. The number of hydrogen-bond donors (Lipinski definition) is 1. The van der Waals surface area contributed by atoms with Gasteiger partial charge in [-0.3, -0.25) is 9.89 Å². The molecule has 7 heteroatoms. The number of aromatic nitrogens is 3. The van der Waals surface area contributed by atoms with Crippen LogP contribution in [0.2, 0.25) is 10.0 Å². The third kappa shape index (κ3) is 2.89. The van der Waals surface area contributed by atoms with Crippen LogP contribution in [0, 0.1) is 6.92 Å². The van der Waals surface area contributed by atoms with Crippen molar-refractivity contribution < 1.29 is 4.74 Å². The van der Waals surface area contributed by atoms with Crippen LogP contribution in [0.5, 0.6) is 5.75 Å². The summed E-state index contributed by atoms with van der Waals surface area (Å²) in [5.74, 6) is 0.494. The van der Waals surface area contributed by atoms with Gasteiger partial charge in [-0.1, -0.05) is 23.2 Å². The average Bonchev–Trinajstić information content (AvgIpc) is 2.79. The third-order valence-corrected chi connectivity index (χ3v) is 3.43. The topological polar surface area (TPSA) is 59.4 Å². The van der Waals surface area contributed by atoms with Crippen LogP contribution in [0.1, 0.15) is 11.4 Å². The van der Waals surface area contributed by atoms with Gasteiger partial charge in [0, 0.05) is 22.8 Å². The highest BCUT2D eigenvalue weighted by molar-refractivity contribution is 6.35. The van der Waals surface area contributed by atoms with Crippen LogP contribution >= 0.6 is 23.2 Å². The fourth-order valence-electron chi connectivity index (χ4n) is 1.98. The zero-order valence-electron chi connectivity index (χ0n) is 11.1. The minimum Gasteiger partial charge on any atom is -0.486 e. The number of nitrogens with one attached hydrogen (secondary N) is 1. The Morgan fingerprint density at radius 3 is 2.86 bits per heavy atom. The van der Waals surface area contributed by atoms with Crippen molar-refractivity contribution in [1.29, 1.82) is 0 Å². The Morgan fingerprint density at radius 1 is 1.29 bits per heavy atom. The van der Waals surface area contributed by atoms with Crippen molar-refractivity contribution in [2.24, 2.45) is 0 Å². The summed E-state index contributed by atoms with van der Waals surface area (Å²) in [5.41, 5.74) is 1.76. The fraction of sp³-hybridized carbons (Fsp3) is 0.143. The molecule has 3 aromatic rings. The predicted molar refractivity (Wildman–Crippen MR) is 81.3 cm³/mol. The average molecular weight is 324 g/mol. The quantitative estimate of drug-likeness (QED) is 0.805. The van der Waals surface area contributed by atoms with Gasteiger partial charge in [-0.05, 0) is 25.1 Å². The number of hydrogen-bond acceptors (Lipinski definition) is 3. The van der Waals surface area contributed by atoms with Gasteiger partial charge in [0.05, 0.1) is 10.7 Å². The summed E-state index contributed by atoms with van der Waals surface area (Å²) < 4.78 is 6.96. The van der Waals surface area contributed by atoms with E-state index in [4.69, 9.17) is 27.9 Å². The van der Waals surface area contributed by atoms with Gasteiger partial charge in [-0.25, -0.2) is 9.50 Å². The van der Waals surface area contributed by atoms with E-state index in [-0.39, 0.29) is 12.2 Å². The van der Waals surface area contributed by atoms with Crippen molar-refractivity contribution in [3.05, 3.63) is 62.1 Å². The van der Waals surface area contributed by atoms with Crippen molar-refractivity contribution in [2.75, 3.05) is 0 Å². The number of fused-ring (bicyclic) bond motifs is 1. The summed E-state index contributed by atoms with van der Waals surface area (Å²) in [6.07, 6.45) is 0. The highest BCUT2D eigenvalue weighted by Crippen LogP contribution is 2.27. The first kappa shape index (κ1) is 14.0. The first-order valence-electron chi connectivity index (χ1n) is 6.19. The summed E-state index contributed by atoms with van der Waals surface area (Å²) in [6, 6.07) is 8.17. The minimum atomic E-state index is -0.186.